The number of amides is 1. The van der Waals surface area contributed by atoms with Crippen LogP contribution in [0.25, 0.3) is 0 Å². The van der Waals surface area contributed by atoms with Crippen LogP contribution in [0.1, 0.15) is 33.5 Å². The third-order valence-corrected chi connectivity index (χ3v) is 3.05. The van der Waals surface area contributed by atoms with Crippen molar-refractivity contribution in [1.29, 1.82) is 0 Å². The molecule has 1 aromatic heterocycles. The number of carbonyl (C=O) groups excluding carboxylic acids is 1. The van der Waals surface area contributed by atoms with Crippen molar-refractivity contribution in [3.8, 4) is 0 Å². The Morgan fingerprint density at radius 3 is 2.67 bits per heavy atom. The molecule has 0 unspecified atom stereocenters. The number of aryl methyl sites for hydroxylation is 2. The van der Waals surface area contributed by atoms with E-state index in [-0.39, 0.29) is 11.3 Å². The van der Waals surface area contributed by atoms with Gasteiger partial charge in [-0.25, -0.2) is 4.79 Å². The van der Waals surface area contributed by atoms with E-state index in [2.05, 4.69) is 10.4 Å². The van der Waals surface area contributed by atoms with Crippen molar-refractivity contribution in [3.05, 3.63) is 41.2 Å². The van der Waals surface area contributed by atoms with Crippen molar-refractivity contribution >= 4 is 23.3 Å². The van der Waals surface area contributed by atoms with Crippen LogP contribution in [0.15, 0.2) is 24.3 Å². The second-order valence-electron chi connectivity index (χ2n) is 4.56. The van der Waals surface area contributed by atoms with Gasteiger partial charge in [-0.1, -0.05) is 6.92 Å². The van der Waals surface area contributed by atoms with Gasteiger partial charge in [-0.2, -0.15) is 5.10 Å². The number of aromatic carboxylic acids is 1. The maximum absolute atomic E-state index is 12.2. The fourth-order valence-corrected chi connectivity index (χ4v) is 1.95. The van der Waals surface area contributed by atoms with Gasteiger partial charge in [0.1, 0.15) is 5.69 Å². The van der Waals surface area contributed by atoms with E-state index in [4.69, 9.17) is 10.8 Å². The van der Waals surface area contributed by atoms with Gasteiger partial charge in [0.15, 0.2) is 0 Å². The lowest BCUT2D eigenvalue weighted by atomic mass is 10.1. The normalized spacial score (nSPS) is 10.4. The molecule has 0 aliphatic rings. The van der Waals surface area contributed by atoms with E-state index in [9.17, 15) is 9.59 Å². The van der Waals surface area contributed by atoms with Crippen molar-refractivity contribution < 1.29 is 14.7 Å². The molecule has 0 radical (unpaired) electrons. The van der Waals surface area contributed by atoms with E-state index in [1.165, 1.54) is 22.9 Å². The molecule has 0 atom stereocenters. The SMILES string of the molecule is CCc1cc(C(=O)Nc2cc(N)ccc2C(=O)O)n(C)n1. The highest BCUT2D eigenvalue weighted by Crippen LogP contribution is 2.20. The maximum Gasteiger partial charge on any atom is 0.337 e. The second kappa shape index (κ2) is 5.66. The van der Waals surface area contributed by atoms with Gasteiger partial charge in [-0.15, -0.1) is 0 Å². The number of benzene rings is 1. The minimum absolute atomic E-state index is 0.0181. The van der Waals surface area contributed by atoms with Gasteiger partial charge in [0.25, 0.3) is 5.91 Å². The lowest BCUT2D eigenvalue weighted by Gasteiger charge is -2.09. The molecule has 4 N–H and O–H groups in total. The molecule has 0 saturated carbocycles. The van der Waals surface area contributed by atoms with Crippen LogP contribution in [0.3, 0.4) is 0 Å². The van der Waals surface area contributed by atoms with E-state index in [0.717, 1.165) is 5.69 Å². The third-order valence-electron chi connectivity index (χ3n) is 3.05. The number of nitrogens with zero attached hydrogens (tertiary/aromatic N) is 2. The van der Waals surface area contributed by atoms with Gasteiger partial charge in [0.2, 0.25) is 0 Å². The van der Waals surface area contributed by atoms with Crippen LogP contribution >= 0.6 is 0 Å². The van der Waals surface area contributed by atoms with Crippen molar-refractivity contribution in [3.63, 3.8) is 0 Å². The zero-order valence-corrected chi connectivity index (χ0v) is 11.8. The van der Waals surface area contributed by atoms with Gasteiger partial charge in [0.05, 0.1) is 16.9 Å². The number of nitrogens with one attached hydrogen (secondary N) is 1. The molecule has 0 bridgehead atoms. The molecule has 0 aliphatic heterocycles. The smallest absolute Gasteiger partial charge is 0.337 e. The standard InChI is InChI=1S/C14H16N4O3/c1-3-9-7-12(18(2)17-9)13(19)16-11-6-8(15)4-5-10(11)14(20)21/h4-7H,3,15H2,1-2H3,(H,16,19)(H,20,21). The summed E-state index contributed by atoms with van der Waals surface area (Å²) < 4.78 is 1.46. The number of carboxylic acids is 1. The third kappa shape index (κ3) is 3.02. The topological polar surface area (TPSA) is 110 Å². The Morgan fingerprint density at radius 1 is 1.38 bits per heavy atom. The number of nitrogens with two attached hydrogens (primary N) is 1. The number of hydrogen-bond acceptors (Lipinski definition) is 4. The molecule has 0 aliphatic carbocycles. The number of aromatic nitrogens is 2. The summed E-state index contributed by atoms with van der Waals surface area (Å²) in [7, 11) is 1.66. The first-order valence-electron chi connectivity index (χ1n) is 6.39. The van der Waals surface area contributed by atoms with Crippen LogP contribution < -0.4 is 11.1 Å². The Morgan fingerprint density at radius 2 is 2.10 bits per heavy atom. The first-order chi connectivity index (χ1) is 9.92. The zero-order valence-electron chi connectivity index (χ0n) is 11.8. The molecule has 0 fully saturated rings. The number of hydrogen-bond donors (Lipinski definition) is 3. The Balaban J connectivity index is 2.33. The largest absolute Gasteiger partial charge is 0.478 e. The molecule has 21 heavy (non-hydrogen) atoms. The van der Waals surface area contributed by atoms with Crippen molar-refractivity contribution in [2.45, 2.75) is 13.3 Å². The fraction of sp³-hybridized carbons (Fsp3) is 0.214. The molecule has 0 spiro atoms. The van der Waals surface area contributed by atoms with Gasteiger partial charge in [-0.3, -0.25) is 9.48 Å². The van der Waals surface area contributed by atoms with E-state index in [1.54, 1.807) is 13.1 Å². The molecule has 1 aromatic carbocycles. The van der Waals surface area contributed by atoms with Gasteiger partial charge in [-0.05, 0) is 30.7 Å². The van der Waals surface area contributed by atoms with Crippen LogP contribution in [-0.4, -0.2) is 26.8 Å². The molecule has 1 heterocycles. The summed E-state index contributed by atoms with van der Waals surface area (Å²) in [4.78, 5) is 23.4. The van der Waals surface area contributed by atoms with Crippen molar-refractivity contribution in [2.75, 3.05) is 11.1 Å². The highest BCUT2D eigenvalue weighted by molar-refractivity contribution is 6.07. The van der Waals surface area contributed by atoms with Crippen molar-refractivity contribution in [1.82, 2.24) is 9.78 Å². The molecule has 110 valence electrons. The van der Waals surface area contributed by atoms with Gasteiger partial charge < -0.3 is 16.2 Å². The van der Waals surface area contributed by atoms with Crippen LogP contribution in [0, 0.1) is 0 Å². The summed E-state index contributed by atoms with van der Waals surface area (Å²) in [6.45, 7) is 1.93. The number of anilines is 2. The highest BCUT2D eigenvalue weighted by Gasteiger charge is 2.17. The predicted octanol–water partition coefficient (Wildman–Crippen LogP) is 1.52. The lowest BCUT2D eigenvalue weighted by Crippen LogP contribution is -2.18. The monoisotopic (exact) mass is 288 g/mol. The van der Waals surface area contributed by atoms with Gasteiger partial charge >= 0.3 is 5.97 Å². The lowest BCUT2D eigenvalue weighted by molar-refractivity contribution is 0.0698. The van der Waals surface area contributed by atoms with E-state index in [1.807, 2.05) is 6.92 Å². The number of rotatable bonds is 4. The quantitative estimate of drug-likeness (QED) is 0.739. The minimum atomic E-state index is -1.13. The first kappa shape index (κ1) is 14.6. The Bertz CT molecular complexity index is 706. The number of carboxylic acid groups (broad SMARTS) is 1. The van der Waals surface area contributed by atoms with Crippen LogP contribution in [0.5, 0.6) is 0 Å². The van der Waals surface area contributed by atoms with Gasteiger partial charge in [0, 0.05) is 12.7 Å². The molecule has 2 rings (SSSR count). The van der Waals surface area contributed by atoms with E-state index >= 15 is 0 Å². The minimum Gasteiger partial charge on any atom is -0.478 e. The molecular weight excluding hydrogens is 272 g/mol. The highest BCUT2D eigenvalue weighted by atomic mass is 16.4. The van der Waals surface area contributed by atoms with Crippen LogP contribution in [0.2, 0.25) is 0 Å². The summed E-state index contributed by atoms with van der Waals surface area (Å²) in [6, 6.07) is 5.91. The number of carbonyl (C=O) groups is 2. The zero-order chi connectivity index (χ0) is 15.6. The summed E-state index contributed by atoms with van der Waals surface area (Å²) in [5, 5.41) is 15.9. The van der Waals surface area contributed by atoms with Crippen LogP contribution in [-0.2, 0) is 13.5 Å². The van der Waals surface area contributed by atoms with E-state index < -0.39 is 11.9 Å². The molecular formula is C14H16N4O3. The van der Waals surface area contributed by atoms with Crippen LogP contribution in [0.4, 0.5) is 11.4 Å². The van der Waals surface area contributed by atoms with E-state index in [0.29, 0.717) is 17.8 Å². The Kier molecular flexibility index (Phi) is 3.93. The summed E-state index contributed by atoms with van der Waals surface area (Å²) in [5.41, 5.74) is 7.28. The second-order valence-corrected chi connectivity index (χ2v) is 4.56. The average molecular weight is 288 g/mol. The molecule has 2 aromatic rings. The summed E-state index contributed by atoms with van der Waals surface area (Å²) in [6.07, 6.45) is 0.708. The Labute approximate surface area is 121 Å². The first-order valence-corrected chi connectivity index (χ1v) is 6.39. The maximum atomic E-state index is 12.2. The molecule has 7 nitrogen and oxygen atoms in total. The fourth-order valence-electron chi connectivity index (χ4n) is 1.95. The Hall–Kier alpha value is -2.83. The average Bonchev–Trinajstić information content (AvgIpc) is 2.80. The van der Waals surface area contributed by atoms with Crippen molar-refractivity contribution in [2.24, 2.45) is 7.05 Å². The molecule has 1 amide bonds. The molecule has 7 heteroatoms. The summed E-state index contributed by atoms with van der Waals surface area (Å²) >= 11 is 0. The predicted molar refractivity (Wildman–Crippen MR) is 78.4 cm³/mol. The molecule has 0 saturated heterocycles. The number of nitrogen functional groups attached to an aromatic ring is 1. The summed E-state index contributed by atoms with van der Waals surface area (Å²) in [5.74, 6) is -1.57.